The van der Waals surface area contributed by atoms with Crippen molar-refractivity contribution in [2.24, 2.45) is 0 Å². The van der Waals surface area contributed by atoms with Gasteiger partial charge in [0.25, 0.3) is 0 Å². The third-order valence-corrected chi connectivity index (χ3v) is 3.88. The fourth-order valence-electron chi connectivity index (χ4n) is 2.32. The van der Waals surface area contributed by atoms with Crippen LogP contribution in [0.25, 0.3) is 0 Å². The Morgan fingerprint density at radius 1 is 1.39 bits per heavy atom. The minimum atomic E-state index is -0.517. The number of amides is 2. The van der Waals surface area contributed by atoms with Crippen molar-refractivity contribution in [1.29, 1.82) is 0 Å². The van der Waals surface area contributed by atoms with Gasteiger partial charge < -0.3 is 20.3 Å². The first-order valence-corrected chi connectivity index (χ1v) is 6.47. The second-order valence-corrected chi connectivity index (χ2v) is 5.18. The molecule has 0 spiro atoms. The van der Waals surface area contributed by atoms with Gasteiger partial charge in [-0.05, 0) is 20.3 Å². The van der Waals surface area contributed by atoms with Crippen LogP contribution in [0, 0.1) is 0 Å². The predicted molar refractivity (Wildman–Crippen MR) is 66.0 cm³/mol. The average molecular weight is 255 g/mol. The van der Waals surface area contributed by atoms with Crippen molar-refractivity contribution in [3.63, 3.8) is 0 Å². The minimum absolute atomic E-state index is 0.0581. The monoisotopic (exact) mass is 255 g/mol. The second kappa shape index (κ2) is 5.24. The van der Waals surface area contributed by atoms with E-state index < -0.39 is 17.4 Å². The van der Waals surface area contributed by atoms with Gasteiger partial charge in [-0.25, -0.2) is 0 Å². The molecule has 0 radical (unpaired) electrons. The van der Waals surface area contributed by atoms with E-state index >= 15 is 0 Å². The van der Waals surface area contributed by atoms with Crippen LogP contribution in [0.15, 0.2) is 0 Å². The quantitative estimate of drug-likeness (QED) is 0.596. The summed E-state index contributed by atoms with van der Waals surface area (Å²) in [7, 11) is 0. The maximum absolute atomic E-state index is 12.0. The van der Waals surface area contributed by atoms with E-state index in [0.29, 0.717) is 19.7 Å². The molecule has 2 aliphatic rings. The second-order valence-electron chi connectivity index (χ2n) is 5.18. The number of nitrogens with one attached hydrogen (secondary N) is 2. The first-order chi connectivity index (χ1) is 8.53. The Morgan fingerprint density at radius 2 is 2.06 bits per heavy atom. The fourth-order valence-corrected chi connectivity index (χ4v) is 2.32. The Bertz CT molecular complexity index is 341. The lowest BCUT2D eigenvalue weighted by molar-refractivity contribution is -0.147. The molecule has 0 saturated carbocycles. The van der Waals surface area contributed by atoms with Crippen molar-refractivity contribution >= 4 is 11.8 Å². The van der Waals surface area contributed by atoms with Crippen LogP contribution < -0.4 is 10.6 Å². The van der Waals surface area contributed by atoms with E-state index in [1.54, 1.807) is 4.90 Å². The number of nitrogens with zero attached hydrogens (tertiary/aromatic N) is 1. The molecule has 2 N–H and O–H groups in total. The fraction of sp³-hybridized carbons (Fsp3) is 0.833. The van der Waals surface area contributed by atoms with E-state index in [-0.39, 0.29) is 6.10 Å². The van der Waals surface area contributed by atoms with Crippen LogP contribution in [0.4, 0.5) is 0 Å². The van der Waals surface area contributed by atoms with Gasteiger partial charge in [-0.1, -0.05) is 0 Å². The molecule has 0 aromatic carbocycles. The minimum Gasteiger partial charge on any atom is -0.376 e. The summed E-state index contributed by atoms with van der Waals surface area (Å²) in [5, 5.41) is 5.98. The van der Waals surface area contributed by atoms with Gasteiger partial charge in [0.15, 0.2) is 0 Å². The normalized spacial score (nSPS) is 32.3. The van der Waals surface area contributed by atoms with Gasteiger partial charge in [0.05, 0.1) is 11.6 Å². The molecule has 6 nitrogen and oxygen atoms in total. The highest BCUT2D eigenvalue weighted by Gasteiger charge is 2.40. The largest absolute Gasteiger partial charge is 0.376 e. The molecule has 2 atom stereocenters. The lowest BCUT2D eigenvalue weighted by Crippen LogP contribution is -2.57. The predicted octanol–water partition coefficient (Wildman–Crippen LogP) is -0.898. The van der Waals surface area contributed by atoms with Crippen LogP contribution in [0.3, 0.4) is 0 Å². The van der Waals surface area contributed by atoms with Gasteiger partial charge in [0.1, 0.15) is 0 Å². The number of ether oxygens (including phenoxy) is 1. The molecule has 0 bridgehead atoms. The number of carbonyl (C=O) groups is 2. The summed E-state index contributed by atoms with van der Waals surface area (Å²) >= 11 is 0. The molecular formula is C12H21N3O3. The molecule has 102 valence electrons. The maximum atomic E-state index is 12.0. The first-order valence-electron chi connectivity index (χ1n) is 6.47. The molecule has 0 aliphatic carbocycles. The molecule has 6 heteroatoms. The Hall–Kier alpha value is -1.14. The number of piperazine rings is 1. The lowest BCUT2D eigenvalue weighted by Gasteiger charge is -2.31. The summed E-state index contributed by atoms with van der Waals surface area (Å²) < 4.78 is 5.44. The van der Waals surface area contributed by atoms with Gasteiger partial charge in [-0.15, -0.1) is 0 Å². The van der Waals surface area contributed by atoms with Crippen molar-refractivity contribution < 1.29 is 14.3 Å². The average Bonchev–Trinajstić information content (AvgIpc) is 2.69. The van der Waals surface area contributed by atoms with Gasteiger partial charge in [-0.2, -0.15) is 0 Å². The number of carbonyl (C=O) groups excluding carboxylic acids is 2. The van der Waals surface area contributed by atoms with Crippen LogP contribution in [0.2, 0.25) is 0 Å². The maximum Gasteiger partial charge on any atom is 0.311 e. The van der Waals surface area contributed by atoms with Gasteiger partial charge in [0, 0.05) is 32.8 Å². The molecule has 18 heavy (non-hydrogen) atoms. The molecule has 2 unspecified atom stereocenters. The van der Waals surface area contributed by atoms with Crippen LogP contribution in [-0.2, 0) is 14.3 Å². The zero-order valence-electron chi connectivity index (χ0n) is 11.0. The number of rotatable bonds is 1. The molecular weight excluding hydrogens is 234 g/mol. The van der Waals surface area contributed by atoms with Crippen LogP contribution >= 0.6 is 0 Å². The van der Waals surface area contributed by atoms with Crippen molar-refractivity contribution in [2.45, 2.75) is 31.9 Å². The molecule has 0 aromatic rings. The van der Waals surface area contributed by atoms with E-state index in [1.165, 1.54) is 0 Å². The number of hydrogen-bond donors (Lipinski definition) is 2. The lowest BCUT2D eigenvalue weighted by atomic mass is 9.94. The van der Waals surface area contributed by atoms with E-state index in [2.05, 4.69) is 10.6 Å². The van der Waals surface area contributed by atoms with Crippen LogP contribution in [0.5, 0.6) is 0 Å². The standard InChI is InChI=1S/C12H21N3O3/c1-9-12(2,3-8-18-9)14-10(16)11(17)15-6-4-13-5-7-15/h9,13H,3-8H2,1-2H3,(H,14,16). The highest BCUT2D eigenvalue weighted by Crippen LogP contribution is 2.24. The Balaban J connectivity index is 1.92. The Morgan fingerprint density at radius 3 is 2.61 bits per heavy atom. The summed E-state index contributed by atoms with van der Waals surface area (Å²) in [6.07, 6.45) is 0.687. The first kappa shape index (κ1) is 13.3. The third kappa shape index (κ3) is 2.64. The summed E-state index contributed by atoms with van der Waals surface area (Å²) in [5.41, 5.74) is -0.430. The third-order valence-electron chi connectivity index (χ3n) is 3.88. The Kier molecular flexibility index (Phi) is 3.87. The highest BCUT2D eigenvalue weighted by atomic mass is 16.5. The van der Waals surface area contributed by atoms with Gasteiger partial charge >= 0.3 is 11.8 Å². The summed E-state index contributed by atoms with van der Waals surface area (Å²) in [4.78, 5) is 25.5. The van der Waals surface area contributed by atoms with Gasteiger partial charge in [-0.3, -0.25) is 9.59 Å². The van der Waals surface area contributed by atoms with E-state index in [1.807, 2.05) is 13.8 Å². The highest BCUT2D eigenvalue weighted by molar-refractivity contribution is 6.35. The molecule has 2 heterocycles. The van der Waals surface area contributed by atoms with Crippen molar-refractivity contribution in [1.82, 2.24) is 15.5 Å². The number of hydrogen-bond acceptors (Lipinski definition) is 4. The molecule has 2 aliphatic heterocycles. The van der Waals surface area contributed by atoms with Gasteiger partial charge in [0.2, 0.25) is 0 Å². The summed E-state index contributed by atoms with van der Waals surface area (Å²) in [5.74, 6) is -0.950. The summed E-state index contributed by atoms with van der Waals surface area (Å²) in [6.45, 7) is 7.14. The smallest absolute Gasteiger partial charge is 0.311 e. The van der Waals surface area contributed by atoms with Crippen molar-refractivity contribution in [2.75, 3.05) is 32.8 Å². The molecule has 2 saturated heterocycles. The summed E-state index contributed by atoms with van der Waals surface area (Å²) in [6, 6.07) is 0. The molecule has 0 aromatic heterocycles. The topological polar surface area (TPSA) is 70.7 Å². The SMILES string of the molecule is CC1OCCC1(C)NC(=O)C(=O)N1CCNCC1. The zero-order valence-corrected chi connectivity index (χ0v) is 11.0. The van der Waals surface area contributed by atoms with E-state index in [0.717, 1.165) is 19.5 Å². The van der Waals surface area contributed by atoms with E-state index in [4.69, 9.17) is 4.74 Å². The van der Waals surface area contributed by atoms with Crippen LogP contribution in [0.1, 0.15) is 20.3 Å². The van der Waals surface area contributed by atoms with Crippen LogP contribution in [-0.4, -0.2) is 61.1 Å². The van der Waals surface area contributed by atoms with Crippen molar-refractivity contribution in [3.05, 3.63) is 0 Å². The van der Waals surface area contributed by atoms with Crippen molar-refractivity contribution in [3.8, 4) is 0 Å². The molecule has 2 fully saturated rings. The molecule has 2 rings (SSSR count). The zero-order chi connectivity index (χ0) is 13.2. The van der Waals surface area contributed by atoms with E-state index in [9.17, 15) is 9.59 Å². The Labute approximate surface area is 107 Å². The molecule has 2 amide bonds.